The van der Waals surface area contributed by atoms with E-state index in [2.05, 4.69) is 10.6 Å². The van der Waals surface area contributed by atoms with E-state index in [-0.39, 0.29) is 25.2 Å². The highest BCUT2D eigenvalue weighted by molar-refractivity contribution is 5.94. The highest BCUT2D eigenvalue weighted by Crippen LogP contribution is 2.20. The van der Waals surface area contributed by atoms with E-state index in [0.717, 1.165) is 0 Å². The number of unbranched alkanes of at least 4 members (excludes halogenated alkanes) is 1. The van der Waals surface area contributed by atoms with Crippen LogP contribution in [0.25, 0.3) is 0 Å². The van der Waals surface area contributed by atoms with Gasteiger partial charge in [-0.25, -0.2) is 4.79 Å². The Hall–Kier alpha value is -2.73. The van der Waals surface area contributed by atoms with Crippen LogP contribution in [0, 0.1) is 5.92 Å². The Kier molecular flexibility index (Phi) is 11.8. The quantitative estimate of drug-likeness (QED) is 0.172. The van der Waals surface area contributed by atoms with E-state index in [1.165, 1.54) is 4.90 Å². The Morgan fingerprint density at radius 2 is 1.73 bits per heavy atom. The van der Waals surface area contributed by atoms with E-state index in [0.29, 0.717) is 38.8 Å². The van der Waals surface area contributed by atoms with Gasteiger partial charge in [-0.1, -0.05) is 13.8 Å². The molecule has 0 aromatic heterocycles. The highest BCUT2D eigenvalue weighted by atomic mass is 16.4. The van der Waals surface area contributed by atoms with Gasteiger partial charge in [0.2, 0.25) is 17.7 Å². The fourth-order valence-electron chi connectivity index (χ4n) is 3.71. The third-order valence-corrected chi connectivity index (χ3v) is 5.64. The Labute approximate surface area is 193 Å². The second-order valence-electron chi connectivity index (χ2n) is 8.64. The summed E-state index contributed by atoms with van der Waals surface area (Å²) in [5.41, 5.74) is 11.3. The molecule has 1 rings (SSSR count). The van der Waals surface area contributed by atoms with Crippen molar-refractivity contribution in [2.24, 2.45) is 17.4 Å². The molecule has 1 saturated heterocycles. The molecular weight excluding hydrogens is 434 g/mol. The van der Waals surface area contributed by atoms with E-state index in [9.17, 15) is 29.1 Å². The van der Waals surface area contributed by atoms with Crippen molar-refractivity contribution in [3.63, 3.8) is 0 Å². The van der Waals surface area contributed by atoms with Gasteiger partial charge in [-0.15, -0.1) is 0 Å². The summed E-state index contributed by atoms with van der Waals surface area (Å²) >= 11 is 0. The predicted molar refractivity (Wildman–Crippen MR) is 119 cm³/mol. The standard InChI is InChI=1S/C21H37N5O7/c1-12(2)17(21(32)33)25-19(30)15-7-5-11-26(15)20(31)14(6-3-4-10-22)24-18(29)13(23)8-9-16(27)28/h12-15,17H,3-11,22-23H2,1-2H3,(H,24,29)(H,25,30)(H,27,28)(H,32,33). The minimum Gasteiger partial charge on any atom is -0.481 e. The maximum absolute atomic E-state index is 13.3. The molecule has 12 heteroatoms. The monoisotopic (exact) mass is 471 g/mol. The van der Waals surface area contributed by atoms with Gasteiger partial charge in [0, 0.05) is 13.0 Å². The predicted octanol–water partition coefficient (Wildman–Crippen LogP) is -0.991. The van der Waals surface area contributed by atoms with E-state index < -0.39 is 53.8 Å². The molecule has 33 heavy (non-hydrogen) atoms. The Morgan fingerprint density at radius 1 is 1.06 bits per heavy atom. The average molecular weight is 472 g/mol. The highest BCUT2D eigenvalue weighted by Gasteiger charge is 2.39. The number of nitrogens with one attached hydrogen (secondary N) is 2. The fourth-order valence-corrected chi connectivity index (χ4v) is 3.71. The largest absolute Gasteiger partial charge is 0.481 e. The molecule has 0 radical (unpaired) electrons. The van der Waals surface area contributed by atoms with Crippen molar-refractivity contribution in [2.45, 2.75) is 83.0 Å². The van der Waals surface area contributed by atoms with Crippen LogP contribution in [0.4, 0.5) is 0 Å². The Morgan fingerprint density at radius 3 is 2.27 bits per heavy atom. The van der Waals surface area contributed by atoms with Gasteiger partial charge in [-0.05, 0) is 51.0 Å². The van der Waals surface area contributed by atoms with E-state index in [1.54, 1.807) is 13.8 Å². The molecule has 12 nitrogen and oxygen atoms in total. The number of carbonyl (C=O) groups is 5. The minimum atomic E-state index is -1.16. The number of carboxylic acids is 2. The van der Waals surface area contributed by atoms with E-state index in [4.69, 9.17) is 16.6 Å². The first-order valence-corrected chi connectivity index (χ1v) is 11.3. The van der Waals surface area contributed by atoms with Crippen LogP contribution in [0.3, 0.4) is 0 Å². The maximum atomic E-state index is 13.3. The number of carbonyl (C=O) groups excluding carboxylic acids is 3. The van der Waals surface area contributed by atoms with Gasteiger partial charge in [-0.2, -0.15) is 0 Å². The lowest BCUT2D eigenvalue weighted by Gasteiger charge is -2.30. The summed E-state index contributed by atoms with van der Waals surface area (Å²) in [5, 5.41) is 23.2. The zero-order valence-corrected chi connectivity index (χ0v) is 19.3. The van der Waals surface area contributed by atoms with Crippen LogP contribution in [0.2, 0.25) is 0 Å². The summed E-state index contributed by atoms with van der Waals surface area (Å²) in [6.07, 6.45) is 2.04. The number of amides is 3. The van der Waals surface area contributed by atoms with Crippen LogP contribution >= 0.6 is 0 Å². The third-order valence-electron chi connectivity index (χ3n) is 5.64. The van der Waals surface area contributed by atoms with Crippen LogP contribution in [0.15, 0.2) is 0 Å². The number of nitrogens with two attached hydrogens (primary N) is 2. The van der Waals surface area contributed by atoms with Crippen molar-refractivity contribution in [3.8, 4) is 0 Å². The number of likely N-dealkylation sites (tertiary alicyclic amines) is 1. The molecule has 1 heterocycles. The molecule has 3 amide bonds. The minimum absolute atomic E-state index is 0.0780. The SMILES string of the molecule is CC(C)C(NC(=O)C1CCCN1C(=O)C(CCCCN)NC(=O)C(N)CCC(=O)O)C(=O)O. The van der Waals surface area contributed by atoms with Gasteiger partial charge in [-0.3, -0.25) is 19.2 Å². The van der Waals surface area contributed by atoms with Crippen molar-refractivity contribution in [2.75, 3.05) is 13.1 Å². The van der Waals surface area contributed by atoms with Crippen molar-refractivity contribution < 1.29 is 34.2 Å². The van der Waals surface area contributed by atoms with Crippen LogP contribution in [0.5, 0.6) is 0 Å². The van der Waals surface area contributed by atoms with Crippen molar-refractivity contribution in [1.82, 2.24) is 15.5 Å². The van der Waals surface area contributed by atoms with Crippen molar-refractivity contribution >= 4 is 29.7 Å². The molecule has 0 saturated carbocycles. The normalized spacial score (nSPS) is 18.5. The summed E-state index contributed by atoms with van der Waals surface area (Å²) in [7, 11) is 0. The summed E-state index contributed by atoms with van der Waals surface area (Å²) < 4.78 is 0. The smallest absolute Gasteiger partial charge is 0.326 e. The molecule has 4 unspecified atom stereocenters. The van der Waals surface area contributed by atoms with E-state index in [1.807, 2.05) is 0 Å². The summed E-state index contributed by atoms with van der Waals surface area (Å²) in [6, 6.07) is -3.96. The van der Waals surface area contributed by atoms with Gasteiger partial charge in [0.05, 0.1) is 6.04 Å². The van der Waals surface area contributed by atoms with Crippen LogP contribution < -0.4 is 22.1 Å². The molecule has 0 bridgehead atoms. The molecule has 8 N–H and O–H groups in total. The summed E-state index contributed by atoms with van der Waals surface area (Å²) in [6.45, 7) is 4.05. The van der Waals surface area contributed by atoms with Crippen molar-refractivity contribution in [3.05, 3.63) is 0 Å². The summed E-state index contributed by atoms with van der Waals surface area (Å²) in [5.74, 6) is -4.23. The summed E-state index contributed by atoms with van der Waals surface area (Å²) in [4.78, 5) is 62.1. The number of hydrogen-bond donors (Lipinski definition) is 6. The number of aliphatic carboxylic acids is 2. The fraction of sp³-hybridized carbons (Fsp3) is 0.762. The number of carboxylic acid groups (broad SMARTS) is 2. The van der Waals surface area contributed by atoms with Gasteiger partial charge in [0.1, 0.15) is 18.1 Å². The molecular formula is C21H37N5O7. The van der Waals surface area contributed by atoms with Gasteiger partial charge < -0.3 is 37.2 Å². The zero-order valence-electron chi connectivity index (χ0n) is 19.3. The molecule has 1 aliphatic heterocycles. The second kappa shape index (κ2) is 13.7. The Bertz CT molecular complexity index is 715. The van der Waals surface area contributed by atoms with Crippen molar-refractivity contribution in [1.29, 1.82) is 0 Å². The number of rotatable bonds is 14. The molecule has 0 spiro atoms. The lowest BCUT2D eigenvalue weighted by atomic mass is 10.0. The van der Waals surface area contributed by atoms with Crippen LogP contribution in [0.1, 0.15) is 58.8 Å². The lowest BCUT2D eigenvalue weighted by molar-refractivity contribution is -0.146. The molecule has 1 aliphatic rings. The molecule has 0 aromatic rings. The molecule has 188 valence electrons. The van der Waals surface area contributed by atoms with Gasteiger partial charge in [0.25, 0.3) is 0 Å². The van der Waals surface area contributed by atoms with Gasteiger partial charge >= 0.3 is 11.9 Å². The molecule has 0 aliphatic carbocycles. The Balaban J connectivity index is 2.93. The topological polar surface area (TPSA) is 205 Å². The second-order valence-corrected chi connectivity index (χ2v) is 8.64. The van der Waals surface area contributed by atoms with Crippen LogP contribution in [-0.2, 0) is 24.0 Å². The molecule has 4 atom stereocenters. The first-order valence-electron chi connectivity index (χ1n) is 11.3. The van der Waals surface area contributed by atoms with Gasteiger partial charge in [0.15, 0.2) is 0 Å². The van der Waals surface area contributed by atoms with Crippen LogP contribution in [-0.4, -0.2) is 82.0 Å². The number of nitrogens with zero attached hydrogens (tertiary/aromatic N) is 1. The molecule has 1 fully saturated rings. The zero-order chi connectivity index (χ0) is 25.1. The first-order chi connectivity index (χ1) is 15.5. The third kappa shape index (κ3) is 8.97. The average Bonchev–Trinajstić information content (AvgIpc) is 3.23. The first kappa shape index (κ1) is 28.3. The number of hydrogen-bond acceptors (Lipinski definition) is 7. The maximum Gasteiger partial charge on any atom is 0.326 e. The lowest BCUT2D eigenvalue weighted by Crippen LogP contribution is -2.57. The van der Waals surface area contributed by atoms with E-state index >= 15 is 0 Å². The molecule has 0 aromatic carbocycles.